The fourth-order valence-electron chi connectivity index (χ4n) is 7.58. The van der Waals surface area contributed by atoms with Crippen LogP contribution < -0.4 is 0 Å². The molecule has 3 aliphatic carbocycles. The summed E-state index contributed by atoms with van der Waals surface area (Å²) < 4.78 is 22.4. The quantitative estimate of drug-likeness (QED) is 0.0897. The van der Waals surface area contributed by atoms with E-state index in [2.05, 4.69) is 0 Å². The number of carbonyl (C=O) groups is 1. The van der Waals surface area contributed by atoms with Crippen LogP contribution in [0, 0.1) is 17.8 Å². The van der Waals surface area contributed by atoms with Gasteiger partial charge in [0.1, 0.15) is 37.1 Å². The van der Waals surface area contributed by atoms with Gasteiger partial charge in [-0.05, 0) is 57.3 Å². The molecule has 43 heavy (non-hydrogen) atoms. The molecular weight excluding hydrogens is 568 g/mol. The van der Waals surface area contributed by atoms with Crippen LogP contribution >= 0.6 is 0 Å². The molecule has 0 amide bonds. The normalized spacial score (nSPS) is 49.4. The smallest absolute Gasteiger partial charge is 0.330 e. The minimum Gasteiger partial charge on any atom is -0.460 e. The molecule has 0 aromatic carbocycles. The van der Waals surface area contributed by atoms with E-state index in [9.17, 15) is 45.6 Å². The number of aliphatic hydroxyl groups excluding tert-OH is 8. The molecule has 0 radical (unpaired) electrons. The summed E-state index contributed by atoms with van der Waals surface area (Å²) in [7, 11) is 0. The van der Waals surface area contributed by atoms with Gasteiger partial charge >= 0.3 is 5.97 Å². The van der Waals surface area contributed by atoms with Gasteiger partial charge < -0.3 is 59.8 Å². The number of allylic oxidation sites excluding steroid dienone is 1. The van der Waals surface area contributed by atoms with Crippen molar-refractivity contribution in [2.75, 3.05) is 6.61 Å². The predicted molar refractivity (Wildman–Crippen MR) is 148 cm³/mol. The topological polar surface area (TPSA) is 219 Å². The molecule has 5 aliphatic rings. The van der Waals surface area contributed by atoms with Crippen molar-refractivity contribution >= 4 is 5.97 Å². The molecule has 13 nitrogen and oxygen atoms in total. The highest BCUT2D eigenvalue weighted by molar-refractivity contribution is 5.81. The van der Waals surface area contributed by atoms with E-state index in [-0.39, 0.29) is 42.5 Å². The van der Waals surface area contributed by atoms with Crippen LogP contribution in [0.5, 0.6) is 0 Å². The summed E-state index contributed by atoms with van der Waals surface area (Å²) in [5.41, 5.74) is 0. The Labute approximate surface area is 251 Å². The van der Waals surface area contributed by atoms with Crippen molar-refractivity contribution in [1.29, 1.82) is 0 Å². The van der Waals surface area contributed by atoms with Gasteiger partial charge in [0.25, 0.3) is 0 Å². The standard InChI is InChI=1S/C30H48O13/c31-16-5-3-15(4-6-16)29-23(12-18-20(34)10-17(32)11-22(18)41-29)42-30-28(39)27(38)26(37)24(43-30)13-40-25(36)8-2-14-1-7-19(33)21(35)9-14/h2,8,14-24,26-35,37-39H,1,3-7,9-13H2/p+1/t14?,15?,16?,17?,18?,19?,20?,21?,22?,23?,24-,26-,27+,28-,29?,30-/m1/s1. The Hall–Kier alpha value is -1.23. The summed E-state index contributed by atoms with van der Waals surface area (Å²) in [4.78, 5) is 12.4. The molecule has 9 N–H and O–H groups in total. The van der Waals surface area contributed by atoms with Crippen LogP contribution in [0.3, 0.4) is 0 Å². The number of rotatable bonds is 7. The van der Waals surface area contributed by atoms with E-state index in [1.807, 2.05) is 0 Å². The Balaban J connectivity index is 1.22. The highest BCUT2D eigenvalue weighted by atomic mass is 16.7. The second kappa shape index (κ2) is 14.5. The van der Waals surface area contributed by atoms with Gasteiger partial charge in [0.2, 0.25) is 0 Å². The van der Waals surface area contributed by atoms with E-state index < -0.39 is 73.8 Å². The molecular formula is C30H49O13+. The lowest BCUT2D eigenvalue weighted by molar-refractivity contribution is -0.355. The number of ether oxygens (including phenoxy) is 4. The van der Waals surface area contributed by atoms with Crippen molar-refractivity contribution in [3.8, 4) is 0 Å². The Bertz CT molecular complexity index is 941. The van der Waals surface area contributed by atoms with Crippen LogP contribution in [-0.4, -0.2) is 138 Å². The van der Waals surface area contributed by atoms with Gasteiger partial charge in [0.05, 0.1) is 36.4 Å². The monoisotopic (exact) mass is 617 g/mol. The third kappa shape index (κ3) is 7.95. The second-order valence-corrected chi connectivity index (χ2v) is 13.3. The molecule has 0 bridgehead atoms. The number of hydrogen-bond acceptors (Lipinski definition) is 12. The van der Waals surface area contributed by atoms with Gasteiger partial charge in [0.15, 0.2) is 18.5 Å². The largest absolute Gasteiger partial charge is 0.460 e. The third-order valence-corrected chi connectivity index (χ3v) is 10.2. The van der Waals surface area contributed by atoms with Crippen LogP contribution in [0.2, 0.25) is 0 Å². The number of carbonyl (C=O) groups excluding carboxylic acids is 1. The number of hydrogen-bond donors (Lipinski definition) is 8. The summed E-state index contributed by atoms with van der Waals surface area (Å²) in [5.74, 6) is -0.977. The molecule has 13 heteroatoms. The Kier molecular flexibility index (Phi) is 11.1. The van der Waals surface area contributed by atoms with Crippen LogP contribution in [0.4, 0.5) is 0 Å². The molecule has 246 valence electrons. The Morgan fingerprint density at radius 1 is 0.767 bits per heavy atom. The first kappa shape index (κ1) is 33.1. The molecule has 0 aromatic rings. The molecule has 2 heterocycles. The van der Waals surface area contributed by atoms with E-state index in [1.54, 1.807) is 6.08 Å². The summed E-state index contributed by atoms with van der Waals surface area (Å²) in [5, 5.41) is 82.5. The van der Waals surface area contributed by atoms with Crippen LogP contribution in [0.25, 0.3) is 0 Å². The molecule has 0 aromatic heterocycles. The van der Waals surface area contributed by atoms with Crippen molar-refractivity contribution in [3.63, 3.8) is 0 Å². The predicted octanol–water partition coefficient (Wildman–Crippen LogP) is -1.85. The number of esters is 1. The first-order chi connectivity index (χ1) is 20.5. The van der Waals surface area contributed by atoms with Crippen molar-refractivity contribution < 1.29 is 64.6 Å². The average Bonchev–Trinajstić information content (AvgIpc) is 2.97. The van der Waals surface area contributed by atoms with E-state index in [1.165, 1.54) is 6.08 Å². The van der Waals surface area contributed by atoms with Gasteiger partial charge in [-0.3, -0.25) is 0 Å². The highest BCUT2D eigenvalue weighted by Gasteiger charge is 2.54. The highest BCUT2D eigenvalue weighted by Crippen LogP contribution is 2.42. The Morgan fingerprint density at radius 2 is 1.51 bits per heavy atom. The molecule has 9 unspecified atom stereocenters. The van der Waals surface area contributed by atoms with Crippen molar-refractivity contribution in [2.45, 2.75) is 144 Å². The molecule has 3 saturated carbocycles. The molecule has 14 atom stereocenters. The second-order valence-electron chi connectivity index (χ2n) is 13.3. The fraction of sp³-hybridized carbons (Fsp3) is 0.900. The fourth-order valence-corrected chi connectivity index (χ4v) is 7.58. The zero-order chi connectivity index (χ0) is 30.8. The summed E-state index contributed by atoms with van der Waals surface area (Å²) in [6, 6.07) is 0. The lowest BCUT2D eigenvalue weighted by atomic mass is 9.73. The summed E-state index contributed by atoms with van der Waals surface area (Å²) >= 11 is 0. The van der Waals surface area contributed by atoms with E-state index in [4.69, 9.17) is 18.9 Å². The lowest BCUT2D eigenvalue weighted by Gasteiger charge is -2.48. The Morgan fingerprint density at radius 3 is 2.23 bits per heavy atom. The van der Waals surface area contributed by atoms with E-state index in [0.29, 0.717) is 44.9 Å². The zero-order valence-electron chi connectivity index (χ0n) is 24.3. The molecule has 2 aliphatic heterocycles. The minimum absolute atomic E-state index is 0.0823. The maximum atomic E-state index is 12.4. The SMILES string of the molecule is O=C(C=CC1CCC(O)C(O)C1)OC[C@H]1O[C@@H](OC2CC3C(O)CC(O)CC3[OH+]C2C2CCC(O)CC2)[C@H](O)[C@@H](O)[C@@H]1O. The van der Waals surface area contributed by atoms with Gasteiger partial charge in [-0.25, -0.2) is 4.79 Å². The average molecular weight is 618 g/mol. The zero-order valence-corrected chi connectivity index (χ0v) is 24.3. The van der Waals surface area contributed by atoms with Crippen molar-refractivity contribution in [2.24, 2.45) is 17.8 Å². The number of aliphatic hydroxyl groups is 10. The van der Waals surface area contributed by atoms with Crippen LogP contribution in [-0.2, 0) is 19.0 Å². The maximum absolute atomic E-state index is 12.4. The summed E-state index contributed by atoms with van der Waals surface area (Å²) in [6.07, 6.45) is -3.97. The van der Waals surface area contributed by atoms with Gasteiger partial charge in [-0.1, -0.05) is 6.08 Å². The number of fused-ring (bicyclic) bond motifs is 1. The van der Waals surface area contributed by atoms with E-state index >= 15 is 0 Å². The lowest BCUT2D eigenvalue weighted by Crippen LogP contribution is -2.63. The van der Waals surface area contributed by atoms with Crippen molar-refractivity contribution in [1.82, 2.24) is 0 Å². The third-order valence-electron chi connectivity index (χ3n) is 10.2. The first-order valence-electron chi connectivity index (χ1n) is 15.8. The van der Waals surface area contributed by atoms with Crippen molar-refractivity contribution in [3.05, 3.63) is 12.2 Å². The van der Waals surface area contributed by atoms with Crippen LogP contribution in [0.1, 0.15) is 64.2 Å². The molecule has 5 rings (SSSR count). The van der Waals surface area contributed by atoms with E-state index in [0.717, 1.165) is 12.8 Å². The van der Waals surface area contributed by atoms with Gasteiger partial charge in [-0.15, -0.1) is 0 Å². The maximum Gasteiger partial charge on any atom is 0.330 e. The molecule has 0 spiro atoms. The molecule has 5 fully saturated rings. The van der Waals surface area contributed by atoms with Gasteiger partial charge in [-0.2, -0.15) is 0 Å². The minimum atomic E-state index is -1.64. The van der Waals surface area contributed by atoms with Gasteiger partial charge in [0, 0.05) is 24.8 Å². The molecule has 2 saturated heterocycles. The summed E-state index contributed by atoms with van der Waals surface area (Å²) in [6.45, 7) is -0.416. The van der Waals surface area contributed by atoms with Crippen LogP contribution in [0.15, 0.2) is 12.2 Å². The first-order valence-corrected chi connectivity index (χ1v) is 15.8.